The molecule has 1 aromatic carbocycles. The lowest BCUT2D eigenvalue weighted by atomic mass is 10.0. The van der Waals surface area contributed by atoms with Gasteiger partial charge in [-0.1, -0.05) is 18.2 Å². The molecule has 1 saturated heterocycles. The van der Waals surface area contributed by atoms with Gasteiger partial charge in [0.2, 0.25) is 0 Å². The van der Waals surface area contributed by atoms with Crippen molar-refractivity contribution < 1.29 is 24.5 Å². The summed E-state index contributed by atoms with van der Waals surface area (Å²) >= 11 is 0. The number of ether oxygens (including phenoxy) is 2. The van der Waals surface area contributed by atoms with Crippen molar-refractivity contribution in [1.82, 2.24) is 0 Å². The van der Waals surface area contributed by atoms with Crippen molar-refractivity contribution in [3.05, 3.63) is 35.9 Å². The molecule has 0 saturated carbocycles. The Morgan fingerprint density at radius 2 is 2.00 bits per heavy atom. The highest BCUT2D eigenvalue weighted by Crippen LogP contribution is 2.22. The highest BCUT2D eigenvalue weighted by atomic mass is 16.6. The standard InChI is InChI=1S/C13H16O5/c1-8-12(15)10(7-11(14)17-8)18-13(16)9-5-3-2-4-6-9/h2-6,8,10-12,14-15H,7H2,1H3/t8-,10+,11+,12-/m1/s1. The number of esters is 1. The summed E-state index contributed by atoms with van der Waals surface area (Å²) in [4.78, 5) is 11.8. The molecule has 98 valence electrons. The maximum Gasteiger partial charge on any atom is 0.338 e. The van der Waals surface area contributed by atoms with Crippen LogP contribution >= 0.6 is 0 Å². The number of aliphatic hydroxyl groups excluding tert-OH is 2. The highest BCUT2D eigenvalue weighted by molar-refractivity contribution is 5.89. The third kappa shape index (κ3) is 2.87. The fourth-order valence-electron chi connectivity index (χ4n) is 1.92. The predicted octanol–water partition coefficient (Wildman–Crippen LogP) is 0.700. The van der Waals surface area contributed by atoms with Crippen LogP contribution in [0.1, 0.15) is 23.7 Å². The van der Waals surface area contributed by atoms with Gasteiger partial charge in [0.25, 0.3) is 0 Å². The van der Waals surface area contributed by atoms with Crippen molar-refractivity contribution in [3.63, 3.8) is 0 Å². The van der Waals surface area contributed by atoms with Crippen LogP contribution in [0.4, 0.5) is 0 Å². The minimum atomic E-state index is -1.02. The van der Waals surface area contributed by atoms with E-state index >= 15 is 0 Å². The lowest BCUT2D eigenvalue weighted by Gasteiger charge is -2.35. The van der Waals surface area contributed by atoms with E-state index in [1.807, 2.05) is 0 Å². The summed E-state index contributed by atoms with van der Waals surface area (Å²) in [5.41, 5.74) is 0.415. The minimum Gasteiger partial charge on any atom is -0.456 e. The molecule has 0 aromatic heterocycles. The summed E-state index contributed by atoms with van der Waals surface area (Å²) in [5, 5.41) is 19.3. The van der Waals surface area contributed by atoms with Crippen molar-refractivity contribution in [2.45, 2.75) is 37.9 Å². The Morgan fingerprint density at radius 1 is 1.33 bits per heavy atom. The molecule has 0 bridgehead atoms. The smallest absolute Gasteiger partial charge is 0.338 e. The Hall–Kier alpha value is -1.43. The van der Waals surface area contributed by atoms with Crippen LogP contribution in [-0.4, -0.2) is 40.8 Å². The van der Waals surface area contributed by atoms with E-state index in [1.54, 1.807) is 37.3 Å². The fourth-order valence-corrected chi connectivity index (χ4v) is 1.92. The Bertz CT molecular complexity index is 405. The molecule has 1 aromatic rings. The van der Waals surface area contributed by atoms with Gasteiger partial charge in [0, 0.05) is 6.42 Å². The largest absolute Gasteiger partial charge is 0.456 e. The Labute approximate surface area is 105 Å². The predicted molar refractivity (Wildman–Crippen MR) is 62.8 cm³/mol. The third-order valence-corrected chi connectivity index (χ3v) is 2.94. The molecule has 0 radical (unpaired) electrons. The molecule has 0 aliphatic carbocycles. The molecule has 5 nitrogen and oxygen atoms in total. The van der Waals surface area contributed by atoms with Crippen LogP contribution in [-0.2, 0) is 9.47 Å². The Balaban J connectivity index is 2.02. The number of carbonyl (C=O) groups is 1. The van der Waals surface area contributed by atoms with E-state index in [0.717, 1.165) is 0 Å². The normalized spacial score (nSPS) is 31.9. The van der Waals surface area contributed by atoms with Crippen LogP contribution in [0, 0.1) is 0 Å². The van der Waals surface area contributed by atoms with Gasteiger partial charge in [-0.15, -0.1) is 0 Å². The molecule has 2 N–H and O–H groups in total. The SMILES string of the molecule is C[C@H]1O[C@H](O)C[C@H](OC(=O)c2ccccc2)[C@@H]1O. The monoisotopic (exact) mass is 252 g/mol. The third-order valence-electron chi connectivity index (χ3n) is 2.94. The van der Waals surface area contributed by atoms with Crippen molar-refractivity contribution >= 4 is 5.97 Å². The summed E-state index contributed by atoms with van der Waals surface area (Å²) in [6, 6.07) is 8.52. The van der Waals surface area contributed by atoms with Gasteiger partial charge in [-0.3, -0.25) is 0 Å². The molecule has 0 spiro atoms. The molecule has 4 atom stereocenters. The van der Waals surface area contributed by atoms with Gasteiger partial charge in [-0.2, -0.15) is 0 Å². The molecular formula is C13H16O5. The van der Waals surface area contributed by atoms with Crippen molar-refractivity contribution in [1.29, 1.82) is 0 Å². The number of aliphatic hydroxyl groups is 2. The molecule has 1 aliphatic heterocycles. The highest BCUT2D eigenvalue weighted by Gasteiger charge is 2.37. The summed E-state index contributed by atoms with van der Waals surface area (Å²) < 4.78 is 10.2. The molecule has 0 unspecified atom stereocenters. The number of hydrogen-bond acceptors (Lipinski definition) is 5. The second-order valence-corrected chi connectivity index (χ2v) is 4.33. The Kier molecular flexibility index (Phi) is 3.96. The Morgan fingerprint density at radius 3 is 2.67 bits per heavy atom. The molecule has 0 amide bonds. The van der Waals surface area contributed by atoms with E-state index in [0.29, 0.717) is 5.56 Å². The molecule has 2 rings (SSSR count). The van der Waals surface area contributed by atoms with Crippen LogP contribution in [0.15, 0.2) is 30.3 Å². The first-order chi connectivity index (χ1) is 8.58. The van der Waals surface area contributed by atoms with Gasteiger partial charge < -0.3 is 19.7 Å². The summed E-state index contributed by atoms with van der Waals surface area (Å²) in [7, 11) is 0. The number of carbonyl (C=O) groups excluding carboxylic acids is 1. The van der Waals surface area contributed by atoms with Crippen molar-refractivity contribution in [2.75, 3.05) is 0 Å². The zero-order valence-electron chi connectivity index (χ0n) is 10.0. The van der Waals surface area contributed by atoms with E-state index < -0.39 is 30.6 Å². The number of hydrogen-bond donors (Lipinski definition) is 2. The average Bonchev–Trinajstić information content (AvgIpc) is 2.36. The van der Waals surface area contributed by atoms with Crippen LogP contribution in [0.25, 0.3) is 0 Å². The lowest BCUT2D eigenvalue weighted by Crippen LogP contribution is -2.48. The molecule has 1 fully saturated rings. The molecule has 1 heterocycles. The molecule has 5 heteroatoms. The van der Waals surface area contributed by atoms with Gasteiger partial charge in [0.15, 0.2) is 6.29 Å². The fraction of sp³-hybridized carbons (Fsp3) is 0.462. The van der Waals surface area contributed by atoms with E-state index in [9.17, 15) is 15.0 Å². The first kappa shape index (κ1) is 13.0. The summed E-state index contributed by atoms with van der Waals surface area (Å²) in [5.74, 6) is -0.513. The molecule has 1 aliphatic rings. The topological polar surface area (TPSA) is 76.0 Å². The zero-order valence-corrected chi connectivity index (χ0v) is 10.0. The average molecular weight is 252 g/mol. The van der Waals surface area contributed by atoms with Crippen LogP contribution in [0.2, 0.25) is 0 Å². The van der Waals surface area contributed by atoms with Gasteiger partial charge in [0.05, 0.1) is 11.7 Å². The maximum atomic E-state index is 11.8. The van der Waals surface area contributed by atoms with E-state index in [1.165, 1.54) is 0 Å². The van der Waals surface area contributed by atoms with Crippen LogP contribution < -0.4 is 0 Å². The van der Waals surface area contributed by atoms with Gasteiger partial charge in [-0.05, 0) is 19.1 Å². The second-order valence-electron chi connectivity index (χ2n) is 4.33. The van der Waals surface area contributed by atoms with Crippen LogP contribution in [0.5, 0.6) is 0 Å². The van der Waals surface area contributed by atoms with Crippen molar-refractivity contribution in [3.8, 4) is 0 Å². The first-order valence-electron chi connectivity index (χ1n) is 5.85. The van der Waals surface area contributed by atoms with E-state index in [2.05, 4.69) is 0 Å². The van der Waals surface area contributed by atoms with Gasteiger partial charge in [-0.25, -0.2) is 4.79 Å². The number of benzene rings is 1. The maximum absolute atomic E-state index is 11.8. The van der Waals surface area contributed by atoms with E-state index in [-0.39, 0.29) is 6.42 Å². The molecule has 18 heavy (non-hydrogen) atoms. The first-order valence-corrected chi connectivity index (χ1v) is 5.85. The quantitative estimate of drug-likeness (QED) is 0.758. The van der Waals surface area contributed by atoms with Crippen LogP contribution in [0.3, 0.4) is 0 Å². The summed E-state index contributed by atoms with van der Waals surface area (Å²) in [6.45, 7) is 1.62. The molecular weight excluding hydrogens is 236 g/mol. The van der Waals surface area contributed by atoms with Crippen molar-refractivity contribution in [2.24, 2.45) is 0 Å². The van der Waals surface area contributed by atoms with Gasteiger partial charge in [0.1, 0.15) is 12.2 Å². The number of rotatable bonds is 2. The van der Waals surface area contributed by atoms with Gasteiger partial charge >= 0.3 is 5.97 Å². The summed E-state index contributed by atoms with van der Waals surface area (Å²) in [6.07, 6.45) is -3.19. The lowest BCUT2D eigenvalue weighted by molar-refractivity contribution is -0.226. The zero-order chi connectivity index (χ0) is 13.1. The minimum absolute atomic E-state index is 0.0735. The second kappa shape index (κ2) is 5.48. The van der Waals surface area contributed by atoms with E-state index in [4.69, 9.17) is 9.47 Å².